The molecule has 0 atom stereocenters. The number of aromatic hydroxyl groups is 1. The van der Waals surface area contributed by atoms with Gasteiger partial charge in [-0.15, -0.1) is 5.10 Å². The summed E-state index contributed by atoms with van der Waals surface area (Å²) in [6, 6.07) is 5.95. The van der Waals surface area contributed by atoms with Crippen molar-refractivity contribution in [1.82, 2.24) is 0 Å². The molecule has 0 radical (unpaired) electrons. The normalized spacial score (nSPS) is 10.9. The molecule has 84 valence electrons. The van der Waals surface area contributed by atoms with E-state index >= 15 is 0 Å². The summed E-state index contributed by atoms with van der Waals surface area (Å²) in [7, 11) is 0. The van der Waals surface area contributed by atoms with E-state index in [1.807, 2.05) is 0 Å². The Morgan fingerprint density at radius 2 is 1.88 bits per heavy atom. The smallest absolute Gasteiger partial charge is 0.220 e. The SMILES string of the molecule is C/C(=N\N=C(N)N)c1ccccc(=O)c1O. The van der Waals surface area contributed by atoms with E-state index in [4.69, 9.17) is 11.5 Å². The number of nitrogens with zero attached hydrogens (tertiary/aromatic N) is 2. The van der Waals surface area contributed by atoms with Gasteiger partial charge in [0, 0.05) is 5.56 Å². The molecule has 1 aromatic rings. The molecule has 1 rings (SSSR count). The van der Waals surface area contributed by atoms with Crippen LogP contribution >= 0.6 is 0 Å². The van der Waals surface area contributed by atoms with Crippen LogP contribution in [0.4, 0.5) is 0 Å². The first-order valence-corrected chi connectivity index (χ1v) is 4.48. The monoisotopic (exact) mass is 220 g/mol. The Morgan fingerprint density at radius 1 is 1.25 bits per heavy atom. The van der Waals surface area contributed by atoms with Gasteiger partial charge in [-0.25, -0.2) is 0 Å². The molecule has 0 saturated heterocycles. The molecule has 0 fully saturated rings. The van der Waals surface area contributed by atoms with E-state index in [0.29, 0.717) is 11.3 Å². The predicted molar refractivity (Wildman–Crippen MR) is 62.4 cm³/mol. The van der Waals surface area contributed by atoms with Crippen molar-refractivity contribution in [3.63, 3.8) is 0 Å². The lowest BCUT2D eigenvalue weighted by Crippen LogP contribution is -2.22. The third-order valence-corrected chi connectivity index (χ3v) is 1.82. The first-order valence-electron chi connectivity index (χ1n) is 4.48. The lowest BCUT2D eigenvalue weighted by atomic mass is 10.2. The average Bonchev–Trinajstić information content (AvgIpc) is 2.39. The van der Waals surface area contributed by atoms with Crippen molar-refractivity contribution in [3.8, 4) is 5.75 Å². The summed E-state index contributed by atoms with van der Waals surface area (Å²) in [5, 5.41) is 16.7. The van der Waals surface area contributed by atoms with Crippen LogP contribution in [0.5, 0.6) is 5.75 Å². The average molecular weight is 220 g/mol. The molecule has 1 aromatic carbocycles. The number of nitrogens with two attached hydrogens (primary N) is 2. The largest absolute Gasteiger partial charge is 0.504 e. The minimum Gasteiger partial charge on any atom is -0.504 e. The summed E-state index contributed by atoms with van der Waals surface area (Å²) in [6.07, 6.45) is 0. The highest BCUT2D eigenvalue weighted by atomic mass is 16.3. The van der Waals surface area contributed by atoms with Gasteiger partial charge in [0.25, 0.3) is 0 Å². The van der Waals surface area contributed by atoms with Crippen LogP contribution in [0.1, 0.15) is 12.5 Å². The molecule has 0 amide bonds. The van der Waals surface area contributed by atoms with E-state index in [9.17, 15) is 9.90 Å². The zero-order chi connectivity index (χ0) is 12.1. The molecular weight excluding hydrogens is 208 g/mol. The van der Waals surface area contributed by atoms with Gasteiger partial charge in [-0.1, -0.05) is 12.1 Å². The molecule has 0 aromatic heterocycles. The van der Waals surface area contributed by atoms with Crippen LogP contribution in [-0.2, 0) is 0 Å². The molecule has 6 heteroatoms. The molecule has 0 heterocycles. The van der Waals surface area contributed by atoms with E-state index in [1.165, 1.54) is 12.1 Å². The Kier molecular flexibility index (Phi) is 3.60. The Bertz CT molecular complexity index is 504. The van der Waals surface area contributed by atoms with Crippen molar-refractivity contribution in [3.05, 3.63) is 40.1 Å². The number of hydrogen-bond acceptors (Lipinski definition) is 4. The van der Waals surface area contributed by atoms with Crippen LogP contribution in [0.3, 0.4) is 0 Å². The quantitative estimate of drug-likeness (QED) is 0.362. The third-order valence-electron chi connectivity index (χ3n) is 1.82. The maximum absolute atomic E-state index is 11.3. The molecule has 5 N–H and O–H groups in total. The van der Waals surface area contributed by atoms with Crippen molar-refractivity contribution in [2.45, 2.75) is 6.92 Å². The molecule has 0 spiro atoms. The van der Waals surface area contributed by atoms with E-state index in [-0.39, 0.29) is 11.7 Å². The first-order chi connectivity index (χ1) is 7.52. The van der Waals surface area contributed by atoms with Gasteiger partial charge in [-0.2, -0.15) is 5.10 Å². The zero-order valence-corrected chi connectivity index (χ0v) is 8.71. The van der Waals surface area contributed by atoms with E-state index < -0.39 is 5.43 Å². The third kappa shape index (κ3) is 2.81. The zero-order valence-electron chi connectivity index (χ0n) is 8.71. The van der Waals surface area contributed by atoms with Gasteiger partial charge in [0.15, 0.2) is 5.75 Å². The van der Waals surface area contributed by atoms with Crippen LogP contribution in [0, 0.1) is 0 Å². The summed E-state index contributed by atoms with van der Waals surface area (Å²) in [5.41, 5.74) is 10.4. The lowest BCUT2D eigenvalue weighted by molar-refractivity contribution is 0.470. The van der Waals surface area contributed by atoms with Crippen LogP contribution in [0.15, 0.2) is 39.3 Å². The fraction of sp³-hybridized carbons (Fsp3) is 0.100. The summed E-state index contributed by atoms with van der Waals surface area (Å²) in [4.78, 5) is 11.3. The van der Waals surface area contributed by atoms with Gasteiger partial charge in [0.1, 0.15) is 0 Å². The van der Waals surface area contributed by atoms with Crippen molar-refractivity contribution in [2.75, 3.05) is 0 Å². The van der Waals surface area contributed by atoms with Gasteiger partial charge >= 0.3 is 0 Å². The highest BCUT2D eigenvalue weighted by Gasteiger charge is 2.05. The minimum atomic E-state index is -0.487. The fourth-order valence-electron chi connectivity index (χ4n) is 1.06. The Morgan fingerprint density at radius 3 is 2.50 bits per heavy atom. The molecule has 0 unspecified atom stereocenters. The van der Waals surface area contributed by atoms with Gasteiger partial charge in [0.05, 0.1) is 5.71 Å². The Balaban J connectivity index is 3.31. The van der Waals surface area contributed by atoms with E-state index in [0.717, 1.165) is 0 Å². The predicted octanol–water partition coefficient (Wildman–Crippen LogP) is -0.250. The standard InChI is InChI=1S/C10H12N4O2/c1-6(13-14-10(11)12)7-4-2-3-5-8(15)9(7)16/h2-5H,1H3,(H,15,16)(H4,11,12,14)/b13-6+. The van der Waals surface area contributed by atoms with Crippen LogP contribution < -0.4 is 16.9 Å². The highest BCUT2D eigenvalue weighted by molar-refractivity contribution is 6.01. The molecule has 16 heavy (non-hydrogen) atoms. The summed E-state index contributed by atoms with van der Waals surface area (Å²) in [6.45, 7) is 1.58. The molecule has 0 aliphatic heterocycles. The Labute approximate surface area is 91.9 Å². The topological polar surface area (TPSA) is 114 Å². The van der Waals surface area contributed by atoms with Crippen LogP contribution in [-0.4, -0.2) is 16.8 Å². The summed E-state index contributed by atoms with van der Waals surface area (Å²) < 4.78 is 0. The lowest BCUT2D eigenvalue weighted by Gasteiger charge is -1.97. The maximum Gasteiger partial charge on any atom is 0.220 e. The summed E-state index contributed by atoms with van der Waals surface area (Å²) in [5.74, 6) is -0.571. The summed E-state index contributed by atoms with van der Waals surface area (Å²) >= 11 is 0. The number of guanidine groups is 1. The fourth-order valence-corrected chi connectivity index (χ4v) is 1.06. The second-order valence-electron chi connectivity index (χ2n) is 3.06. The molecule has 0 saturated carbocycles. The van der Waals surface area contributed by atoms with Crippen molar-refractivity contribution < 1.29 is 5.11 Å². The molecule has 0 aliphatic rings. The van der Waals surface area contributed by atoms with Crippen molar-refractivity contribution >= 4 is 11.7 Å². The van der Waals surface area contributed by atoms with Gasteiger partial charge in [-0.3, -0.25) is 4.79 Å². The minimum absolute atomic E-state index is 0.193. The van der Waals surface area contributed by atoms with E-state index in [2.05, 4.69) is 10.2 Å². The second-order valence-corrected chi connectivity index (χ2v) is 3.06. The highest BCUT2D eigenvalue weighted by Crippen LogP contribution is 2.10. The molecule has 0 bridgehead atoms. The number of rotatable bonds is 2. The molecular formula is C10H12N4O2. The molecule has 0 aliphatic carbocycles. The van der Waals surface area contributed by atoms with E-state index in [1.54, 1.807) is 19.1 Å². The molecule has 6 nitrogen and oxygen atoms in total. The maximum atomic E-state index is 11.3. The van der Waals surface area contributed by atoms with Gasteiger partial charge in [0.2, 0.25) is 11.4 Å². The van der Waals surface area contributed by atoms with Gasteiger partial charge < -0.3 is 16.6 Å². The van der Waals surface area contributed by atoms with Crippen molar-refractivity contribution in [1.29, 1.82) is 0 Å². The van der Waals surface area contributed by atoms with Gasteiger partial charge in [-0.05, 0) is 19.1 Å². The first kappa shape index (κ1) is 11.7. The van der Waals surface area contributed by atoms with Crippen molar-refractivity contribution in [2.24, 2.45) is 21.7 Å². The second kappa shape index (κ2) is 4.92. The van der Waals surface area contributed by atoms with Crippen LogP contribution in [0.25, 0.3) is 0 Å². The number of hydrogen-bond donors (Lipinski definition) is 3. The Hall–Kier alpha value is -2.37. The van der Waals surface area contributed by atoms with Crippen LogP contribution in [0.2, 0.25) is 0 Å².